The standard InChI is InChI=1S/C25H25NO2/c1-4-26-22-16-11-13-18-24(22)28-25(26)19-9-7-5-6-8-15-21(3)27-23-17-12-10-14-20(23)2/h5-19H,3-4H2,1-2H3/b6-5+,9-7+,15-8+,25-19-. The summed E-state index contributed by atoms with van der Waals surface area (Å²) in [5.41, 5.74) is 2.19. The van der Waals surface area contributed by atoms with Crippen LogP contribution in [0.1, 0.15) is 12.5 Å². The molecular weight excluding hydrogens is 346 g/mol. The lowest BCUT2D eigenvalue weighted by Gasteiger charge is -2.14. The zero-order chi connectivity index (χ0) is 19.8. The number of ether oxygens (including phenoxy) is 2. The molecule has 28 heavy (non-hydrogen) atoms. The van der Waals surface area contributed by atoms with Crippen LogP contribution < -0.4 is 14.4 Å². The first-order chi connectivity index (χ1) is 13.7. The van der Waals surface area contributed by atoms with E-state index in [0.29, 0.717) is 5.76 Å². The highest BCUT2D eigenvalue weighted by Crippen LogP contribution is 2.38. The summed E-state index contributed by atoms with van der Waals surface area (Å²) in [7, 11) is 0. The summed E-state index contributed by atoms with van der Waals surface area (Å²) >= 11 is 0. The van der Waals surface area contributed by atoms with Crippen LogP contribution in [0.4, 0.5) is 5.69 Å². The second-order valence-electron chi connectivity index (χ2n) is 6.28. The van der Waals surface area contributed by atoms with Crippen LogP contribution in [-0.2, 0) is 0 Å². The van der Waals surface area contributed by atoms with Gasteiger partial charge in [0.1, 0.15) is 11.5 Å². The van der Waals surface area contributed by atoms with Crippen LogP contribution in [0.25, 0.3) is 0 Å². The Morgan fingerprint density at radius 1 is 1.00 bits per heavy atom. The molecule has 3 rings (SSSR count). The first kappa shape index (κ1) is 19.3. The molecule has 0 bridgehead atoms. The summed E-state index contributed by atoms with van der Waals surface area (Å²) in [6.07, 6.45) is 13.5. The molecule has 142 valence electrons. The largest absolute Gasteiger partial charge is 0.458 e. The normalized spacial score (nSPS) is 14.9. The van der Waals surface area contributed by atoms with E-state index < -0.39 is 0 Å². The second kappa shape index (κ2) is 9.47. The SMILES string of the molecule is C=C(/C=C/C=C/C=C/C=C1\Oc2ccccc2N1CC)Oc1ccccc1C. The third kappa shape index (κ3) is 4.83. The molecule has 3 heteroatoms. The molecule has 0 saturated carbocycles. The molecule has 3 nitrogen and oxygen atoms in total. The number of rotatable bonds is 7. The zero-order valence-electron chi connectivity index (χ0n) is 16.3. The first-order valence-electron chi connectivity index (χ1n) is 9.37. The lowest BCUT2D eigenvalue weighted by Crippen LogP contribution is -2.18. The number of allylic oxidation sites excluding steroid dienone is 7. The Bertz CT molecular complexity index is 951. The van der Waals surface area contributed by atoms with Crippen molar-refractivity contribution in [1.82, 2.24) is 0 Å². The first-order valence-corrected chi connectivity index (χ1v) is 9.37. The molecule has 0 spiro atoms. The highest BCUT2D eigenvalue weighted by atomic mass is 16.5. The predicted molar refractivity (Wildman–Crippen MR) is 117 cm³/mol. The van der Waals surface area contributed by atoms with Gasteiger partial charge in [-0.3, -0.25) is 0 Å². The smallest absolute Gasteiger partial charge is 0.200 e. The van der Waals surface area contributed by atoms with Crippen LogP contribution in [0.5, 0.6) is 11.5 Å². The van der Waals surface area contributed by atoms with Crippen molar-refractivity contribution >= 4 is 5.69 Å². The number of para-hydroxylation sites is 3. The number of fused-ring (bicyclic) bond motifs is 1. The molecule has 1 heterocycles. The number of hydrogen-bond acceptors (Lipinski definition) is 3. The van der Waals surface area contributed by atoms with Gasteiger partial charge in [-0.05, 0) is 49.8 Å². The Morgan fingerprint density at radius 2 is 1.71 bits per heavy atom. The van der Waals surface area contributed by atoms with Gasteiger partial charge < -0.3 is 14.4 Å². The van der Waals surface area contributed by atoms with E-state index in [9.17, 15) is 0 Å². The molecule has 0 N–H and O–H groups in total. The van der Waals surface area contributed by atoms with Crippen molar-refractivity contribution in [2.75, 3.05) is 11.4 Å². The van der Waals surface area contributed by atoms with Crippen molar-refractivity contribution in [1.29, 1.82) is 0 Å². The highest BCUT2D eigenvalue weighted by molar-refractivity contribution is 5.66. The average molecular weight is 371 g/mol. The Hall–Kier alpha value is -3.46. The van der Waals surface area contributed by atoms with Crippen molar-refractivity contribution in [3.63, 3.8) is 0 Å². The molecule has 0 atom stereocenters. The molecule has 0 radical (unpaired) electrons. The van der Waals surface area contributed by atoms with E-state index in [2.05, 4.69) is 24.5 Å². The number of benzene rings is 2. The quantitative estimate of drug-likeness (QED) is 0.420. The summed E-state index contributed by atoms with van der Waals surface area (Å²) in [4.78, 5) is 2.15. The molecule has 0 aliphatic carbocycles. The summed E-state index contributed by atoms with van der Waals surface area (Å²) in [5.74, 6) is 3.16. The maximum atomic E-state index is 5.91. The number of anilines is 1. The van der Waals surface area contributed by atoms with Crippen molar-refractivity contribution < 1.29 is 9.47 Å². The van der Waals surface area contributed by atoms with E-state index in [1.54, 1.807) is 0 Å². The predicted octanol–water partition coefficient (Wildman–Crippen LogP) is 6.32. The van der Waals surface area contributed by atoms with Gasteiger partial charge in [0.25, 0.3) is 0 Å². The summed E-state index contributed by atoms with van der Waals surface area (Å²) in [6, 6.07) is 15.9. The maximum Gasteiger partial charge on any atom is 0.200 e. The van der Waals surface area contributed by atoms with Gasteiger partial charge >= 0.3 is 0 Å². The van der Waals surface area contributed by atoms with Gasteiger partial charge in [0.2, 0.25) is 5.88 Å². The van der Waals surface area contributed by atoms with Gasteiger partial charge in [0.15, 0.2) is 5.75 Å². The second-order valence-corrected chi connectivity index (χ2v) is 6.28. The van der Waals surface area contributed by atoms with Crippen molar-refractivity contribution in [3.05, 3.63) is 115 Å². The fourth-order valence-corrected chi connectivity index (χ4v) is 2.84. The minimum atomic E-state index is 0.598. The molecule has 1 aliphatic rings. The van der Waals surface area contributed by atoms with Crippen LogP contribution in [-0.4, -0.2) is 6.54 Å². The van der Waals surface area contributed by atoms with Gasteiger partial charge in [-0.2, -0.15) is 0 Å². The van der Waals surface area contributed by atoms with Gasteiger partial charge in [-0.15, -0.1) is 0 Å². The highest BCUT2D eigenvalue weighted by Gasteiger charge is 2.23. The average Bonchev–Trinajstić information content (AvgIpc) is 3.06. The third-order valence-corrected chi connectivity index (χ3v) is 4.25. The summed E-state index contributed by atoms with van der Waals surface area (Å²) in [6.45, 7) is 8.90. The van der Waals surface area contributed by atoms with E-state index in [4.69, 9.17) is 9.47 Å². The number of nitrogens with zero attached hydrogens (tertiary/aromatic N) is 1. The lowest BCUT2D eigenvalue weighted by molar-refractivity contribution is 0.440. The van der Waals surface area contributed by atoms with Gasteiger partial charge in [-0.25, -0.2) is 0 Å². The van der Waals surface area contributed by atoms with Crippen LogP contribution in [0.15, 0.2) is 109 Å². The van der Waals surface area contributed by atoms with E-state index in [1.807, 2.05) is 91.9 Å². The molecule has 0 fully saturated rings. The Kier molecular flexibility index (Phi) is 6.53. The van der Waals surface area contributed by atoms with E-state index in [0.717, 1.165) is 35.2 Å². The topological polar surface area (TPSA) is 21.7 Å². The van der Waals surface area contributed by atoms with E-state index >= 15 is 0 Å². The van der Waals surface area contributed by atoms with E-state index in [1.165, 1.54) is 0 Å². The van der Waals surface area contributed by atoms with Gasteiger partial charge in [0, 0.05) is 6.54 Å². The molecule has 2 aromatic rings. The van der Waals surface area contributed by atoms with Crippen LogP contribution in [0, 0.1) is 6.92 Å². The Balaban J connectivity index is 1.51. The fraction of sp³-hybridized carbons (Fsp3) is 0.120. The fourth-order valence-electron chi connectivity index (χ4n) is 2.84. The molecule has 1 aliphatic heterocycles. The monoisotopic (exact) mass is 371 g/mol. The van der Waals surface area contributed by atoms with Crippen LogP contribution in [0.2, 0.25) is 0 Å². The lowest BCUT2D eigenvalue weighted by atomic mass is 10.2. The van der Waals surface area contributed by atoms with Crippen molar-refractivity contribution in [2.24, 2.45) is 0 Å². The van der Waals surface area contributed by atoms with Crippen LogP contribution in [0.3, 0.4) is 0 Å². The molecule has 0 saturated heterocycles. The number of aryl methyl sites for hydroxylation is 1. The molecule has 2 aromatic carbocycles. The molecular formula is C25H25NO2. The van der Waals surface area contributed by atoms with Crippen LogP contribution >= 0.6 is 0 Å². The molecule has 0 unspecified atom stereocenters. The summed E-state index contributed by atoms with van der Waals surface area (Å²) < 4.78 is 11.6. The molecule has 0 amide bonds. The van der Waals surface area contributed by atoms with E-state index in [-0.39, 0.29) is 0 Å². The maximum absolute atomic E-state index is 5.91. The minimum Gasteiger partial charge on any atom is -0.458 e. The Labute approximate surface area is 167 Å². The number of hydrogen-bond donors (Lipinski definition) is 0. The van der Waals surface area contributed by atoms with Gasteiger partial charge in [0.05, 0.1) is 5.69 Å². The van der Waals surface area contributed by atoms with Gasteiger partial charge in [-0.1, -0.05) is 67.3 Å². The summed E-state index contributed by atoms with van der Waals surface area (Å²) in [5, 5.41) is 0. The third-order valence-electron chi connectivity index (χ3n) is 4.25. The van der Waals surface area contributed by atoms with Crippen molar-refractivity contribution in [3.8, 4) is 11.5 Å². The zero-order valence-corrected chi connectivity index (χ0v) is 16.3. The minimum absolute atomic E-state index is 0.598. The Morgan fingerprint density at radius 3 is 2.54 bits per heavy atom. The molecule has 0 aromatic heterocycles. The van der Waals surface area contributed by atoms with Crippen molar-refractivity contribution in [2.45, 2.75) is 13.8 Å².